The standard InChI is InChI=1S/C33H29BN2/c1-20-21(2)35-27-18-11-19-28-29(27)34(26-17-10-15-23(20)30(26)35)32-31(36(28)22-12-6-5-7-13-22)24-14-8-9-16-25(24)33(32,3)4/h5-19,24-25H,1-4H3. The predicted octanol–water partition coefficient (Wildman–Crippen LogP) is 6.51. The Kier molecular flexibility index (Phi) is 3.83. The summed E-state index contributed by atoms with van der Waals surface area (Å²) in [5.41, 5.74) is 14.1. The molecule has 1 aromatic heterocycles. The van der Waals surface area contributed by atoms with Gasteiger partial charge in [0.15, 0.2) is 0 Å². The maximum absolute atomic E-state index is 2.59. The minimum absolute atomic E-state index is 0.0325. The quantitative estimate of drug-likeness (QED) is 0.292. The van der Waals surface area contributed by atoms with E-state index < -0.39 is 0 Å². The molecule has 36 heavy (non-hydrogen) atoms. The fourth-order valence-corrected chi connectivity index (χ4v) is 7.88. The summed E-state index contributed by atoms with van der Waals surface area (Å²) in [6.45, 7) is 9.80. The molecule has 2 unspecified atom stereocenters. The molecular formula is C33H29BN2. The fourth-order valence-electron chi connectivity index (χ4n) is 7.88. The summed E-state index contributed by atoms with van der Waals surface area (Å²) in [6, 6.07) is 24.9. The Labute approximate surface area is 213 Å². The third-order valence-corrected chi connectivity index (χ3v) is 9.51. The van der Waals surface area contributed by atoms with Gasteiger partial charge in [0.25, 0.3) is 0 Å². The number of benzene rings is 3. The molecule has 2 atom stereocenters. The van der Waals surface area contributed by atoms with Crippen molar-refractivity contribution in [2.75, 3.05) is 4.90 Å². The van der Waals surface area contributed by atoms with E-state index in [1.54, 1.807) is 5.47 Å². The second-order valence-electron chi connectivity index (χ2n) is 11.4. The normalized spacial score (nSPS) is 22.2. The number of allylic oxidation sites excluding steroid dienone is 5. The van der Waals surface area contributed by atoms with Crippen molar-refractivity contribution in [2.45, 2.75) is 27.7 Å². The van der Waals surface area contributed by atoms with E-state index in [1.165, 1.54) is 55.8 Å². The Morgan fingerprint density at radius 1 is 0.806 bits per heavy atom. The number of aryl methyl sites for hydroxylation is 1. The lowest BCUT2D eigenvalue weighted by atomic mass is 9.30. The van der Waals surface area contributed by atoms with Crippen LogP contribution in [0, 0.1) is 31.1 Å². The number of nitrogens with zero attached hydrogens (tertiary/aromatic N) is 2. The second-order valence-corrected chi connectivity index (χ2v) is 11.4. The first kappa shape index (κ1) is 20.5. The molecule has 0 N–H and O–H groups in total. The van der Waals surface area contributed by atoms with Gasteiger partial charge in [-0.05, 0) is 65.9 Å². The van der Waals surface area contributed by atoms with Crippen LogP contribution in [0.3, 0.4) is 0 Å². The molecule has 0 radical (unpaired) electrons. The molecule has 0 fully saturated rings. The van der Waals surface area contributed by atoms with Gasteiger partial charge >= 0.3 is 0 Å². The average Bonchev–Trinajstić information content (AvgIpc) is 3.30. The molecule has 3 heterocycles. The van der Waals surface area contributed by atoms with Gasteiger partial charge in [0, 0.05) is 45.3 Å². The summed E-state index contributed by atoms with van der Waals surface area (Å²) < 4.78 is 2.54. The zero-order chi connectivity index (χ0) is 24.3. The van der Waals surface area contributed by atoms with Gasteiger partial charge in [0.05, 0.1) is 0 Å². The largest absolute Gasteiger partial charge is 0.315 e. The highest BCUT2D eigenvalue weighted by molar-refractivity contribution is 6.95. The monoisotopic (exact) mass is 464 g/mol. The molecule has 4 aromatic rings. The lowest BCUT2D eigenvalue weighted by Gasteiger charge is -2.43. The minimum Gasteiger partial charge on any atom is -0.315 e. The average molecular weight is 464 g/mol. The lowest BCUT2D eigenvalue weighted by molar-refractivity contribution is 0.324. The third-order valence-electron chi connectivity index (χ3n) is 9.51. The van der Waals surface area contributed by atoms with Gasteiger partial charge in [0.2, 0.25) is 6.71 Å². The Morgan fingerprint density at radius 2 is 1.56 bits per heavy atom. The van der Waals surface area contributed by atoms with Gasteiger partial charge in [-0.1, -0.05) is 86.1 Å². The van der Waals surface area contributed by atoms with Crippen molar-refractivity contribution in [3.05, 3.63) is 113 Å². The highest BCUT2D eigenvalue weighted by Crippen LogP contribution is 2.58. The second kappa shape index (κ2) is 6.73. The van der Waals surface area contributed by atoms with Gasteiger partial charge in [-0.2, -0.15) is 0 Å². The Hall–Kier alpha value is -3.72. The van der Waals surface area contributed by atoms with Gasteiger partial charge in [0.1, 0.15) is 0 Å². The topological polar surface area (TPSA) is 8.17 Å². The van der Waals surface area contributed by atoms with Crippen LogP contribution in [0.15, 0.2) is 102 Å². The molecule has 0 spiro atoms. The van der Waals surface area contributed by atoms with E-state index in [0.717, 1.165) is 0 Å². The summed E-state index contributed by atoms with van der Waals surface area (Å²) in [5, 5.41) is 1.39. The summed E-state index contributed by atoms with van der Waals surface area (Å²) in [5.74, 6) is 0.821. The van der Waals surface area contributed by atoms with Crippen LogP contribution in [-0.4, -0.2) is 11.3 Å². The van der Waals surface area contributed by atoms with Crippen molar-refractivity contribution in [3.63, 3.8) is 0 Å². The molecule has 0 amide bonds. The van der Waals surface area contributed by atoms with E-state index in [9.17, 15) is 0 Å². The molecule has 0 saturated heterocycles. The van der Waals surface area contributed by atoms with Crippen molar-refractivity contribution in [3.8, 4) is 5.69 Å². The number of rotatable bonds is 1. The summed E-state index contributed by atoms with van der Waals surface area (Å²) in [6.07, 6.45) is 9.41. The van der Waals surface area contributed by atoms with E-state index in [2.05, 4.69) is 128 Å². The van der Waals surface area contributed by atoms with E-state index in [1.807, 2.05) is 0 Å². The van der Waals surface area contributed by atoms with Gasteiger partial charge in [-0.15, -0.1) is 0 Å². The van der Waals surface area contributed by atoms with Crippen LogP contribution >= 0.6 is 0 Å². The Bertz CT molecular complexity index is 1700. The number of fused-ring (bicyclic) bond motifs is 5. The predicted molar refractivity (Wildman–Crippen MR) is 152 cm³/mol. The van der Waals surface area contributed by atoms with E-state index in [4.69, 9.17) is 0 Å². The molecule has 2 aliphatic heterocycles. The third kappa shape index (κ3) is 2.26. The van der Waals surface area contributed by atoms with E-state index >= 15 is 0 Å². The SMILES string of the molecule is Cc1c(C)n2c3c(cccc13)B1C3=C(C4C=CC=CC4C3(C)C)N(c3ccccc3)c3cccc-2c31. The number of para-hydroxylation sites is 2. The first-order valence-electron chi connectivity index (χ1n) is 13.2. The highest BCUT2D eigenvalue weighted by Gasteiger charge is 2.56. The van der Waals surface area contributed by atoms with E-state index in [0.29, 0.717) is 11.8 Å². The highest BCUT2D eigenvalue weighted by atomic mass is 15.2. The number of hydrogen-bond donors (Lipinski definition) is 0. The van der Waals surface area contributed by atoms with Gasteiger partial charge in [-0.25, -0.2) is 0 Å². The smallest absolute Gasteiger partial charge is 0.247 e. The molecular weight excluding hydrogens is 435 g/mol. The Balaban J connectivity index is 1.56. The molecule has 0 bridgehead atoms. The van der Waals surface area contributed by atoms with Crippen LogP contribution in [0.5, 0.6) is 0 Å². The number of aromatic nitrogens is 1. The molecule has 3 aromatic carbocycles. The van der Waals surface area contributed by atoms with Crippen molar-refractivity contribution in [1.82, 2.24) is 4.57 Å². The van der Waals surface area contributed by atoms with Crippen molar-refractivity contribution in [1.29, 1.82) is 0 Å². The molecule has 0 saturated carbocycles. The molecule has 174 valence electrons. The number of hydrogen-bond acceptors (Lipinski definition) is 1. The maximum atomic E-state index is 2.59. The van der Waals surface area contributed by atoms with Crippen LogP contribution in [0.25, 0.3) is 16.6 Å². The molecule has 3 heteroatoms. The van der Waals surface area contributed by atoms with Crippen LogP contribution in [-0.2, 0) is 0 Å². The van der Waals surface area contributed by atoms with Gasteiger partial charge in [-0.3, -0.25) is 0 Å². The van der Waals surface area contributed by atoms with Gasteiger partial charge < -0.3 is 9.47 Å². The van der Waals surface area contributed by atoms with Crippen LogP contribution in [0.4, 0.5) is 11.4 Å². The van der Waals surface area contributed by atoms with Crippen molar-refractivity contribution in [2.24, 2.45) is 17.3 Å². The first-order valence-corrected chi connectivity index (χ1v) is 13.2. The molecule has 2 nitrogen and oxygen atoms in total. The Morgan fingerprint density at radius 3 is 2.39 bits per heavy atom. The lowest BCUT2D eigenvalue weighted by Crippen LogP contribution is -2.56. The minimum atomic E-state index is 0.0325. The maximum Gasteiger partial charge on any atom is 0.247 e. The first-order chi connectivity index (χ1) is 17.5. The fraction of sp³-hybridized carbons (Fsp3) is 0.212. The van der Waals surface area contributed by atoms with Crippen molar-refractivity contribution >= 4 is 39.9 Å². The molecule has 8 rings (SSSR count). The number of anilines is 2. The summed E-state index contributed by atoms with van der Waals surface area (Å²) in [7, 11) is 0. The zero-order valence-electron chi connectivity index (χ0n) is 21.3. The molecule has 4 aliphatic rings. The van der Waals surface area contributed by atoms with E-state index in [-0.39, 0.29) is 12.1 Å². The summed E-state index contributed by atoms with van der Waals surface area (Å²) >= 11 is 0. The van der Waals surface area contributed by atoms with Crippen LogP contribution < -0.4 is 15.8 Å². The summed E-state index contributed by atoms with van der Waals surface area (Å²) in [4.78, 5) is 2.59. The molecule has 2 aliphatic carbocycles. The van der Waals surface area contributed by atoms with Crippen molar-refractivity contribution < 1.29 is 0 Å². The van der Waals surface area contributed by atoms with Crippen LogP contribution in [0.2, 0.25) is 0 Å². The van der Waals surface area contributed by atoms with Crippen LogP contribution in [0.1, 0.15) is 25.1 Å². The zero-order valence-corrected chi connectivity index (χ0v) is 21.3.